The normalized spacial score (nSPS) is 13.0. The Hall–Kier alpha value is -5.61. The number of alkyl halides is 12. The molecule has 18 nitrogen and oxygen atoms in total. The van der Waals surface area contributed by atoms with Gasteiger partial charge in [-0.15, -0.1) is 0 Å². The van der Waals surface area contributed by atoms with E-state index in [0.29, 0.717) is 19.3 Å². The molecular formula is C45H66F12O18. The molecular weight excluding hydrogens is 1060 g/mol. The second-order valence-electron chi connectivity index (χ2n) is 17.1. The second kappa shape index (κ2) is 32.7. The molecule has 2 atom stereocenters. The number of carbonyl (C=O) groups is 9. The van der Waals surface area contributed by atoms with Crippen LogP contribution in [0.1, 0.15) is 122 Å². The number of carbonyl (C=O) groups excluding carboxylic acids is 9. The van der Waals surface area contributed by atoms with Gasteiger partial charge in [-0.1, -0.05) is 34.6 Å². The van der Waals surface area contributed by atoms with Crippen molar-refractivity contribution in [1.82, 2.24) is 0 Å². The standard InChI is InChI=1S/C16H24F4O6.C15H22F4O6.C14H20F4O6/c1-6-14(4,5)11(21)24-7-8-25-12(22)15(17,18)9-16(19,20)13(23)26-10(2)3;1-5-10(4)11(20)23-6-7-24-12(21)14(16,17)8-15(18,19)13(22)25-9(2)3;1-4-9(3)10(19)23-6-7-24-12(21)14(17,18)8-13(15,16)11(20)22-5-2/h10H,6-9H2,1-5H3;9-10H,5-8H2,1-4H3;9H,4-8H2,1-3H3. The SMILES string of the molecule is CCC(C)(C)C(=O)OCCOC(=O)C(F)(F)CC(F)(F)C(=O)OC(C)C.CCC(C)C(=O)OCCOC(=O)C(F)(F)CC(F)(F)C(=O)OC(C)C.CCOC(=O)C(F)(F)CC(F)(F)C(=O)OCCOC(=O)C(C)CC. The molecule has 0 aliphatic rings. The summed E-state index contributed by atoms with van der Waals surface area (Å²) in [7, 11) is 0. The molecule has 0 aromatic rings. The summed E-state index contributed by atoms with van der Waals surface area (Å²) in [5.41, 5.74) is -0.799. The maximum Gasteiger partial charge on any atom is 0.377 e. The Kier molecular flexibility index (Phi) is 32.1. The van der Waals surface area contributed by atoms with Gasteiger partial charge in [0.05, 0.1) is 55.3 Å². The van der Waals surface area contributed by atoms with Crippen LogP contribution in [0, 0.1) is 17.3 Å². The summed E-state index contributed by atoms with van der Waals surface area (Å²) in [6.45, 7) is 13.8. The van der Waals surface area contributed by atoms with Gasteiger partial charge in [0.2, 0.25) is 0 Å². The molecule has 0 N–H and O–H groups in total. The minimum Gasteiger partial charge on any atom is -0.462 e. The van der Waals surface area contributed by atoms with E-state index in [4.69, 9.17) is 4.74 Å². The quantitative estimate of drug-likeness (QED) is 0.0285. The van der Waals surface area contributed by atoms with Crippen LogP contribution in [-0.2, 0) is 85.8 Å². The van der Waals surface area contributed by atoms with Crippen molar-refractivity contribution in [2.24, 2.45) is 17.3 Å². The Bertz CT molecular complexity index is 1860. The van der Waals surface area contributed by atoms with Crippen molar-refractivity contribution in [2.75, 3.05) is 46.2 Å². The lowest BCUT2D eigenvalue weighted by Crippen LogP contribution is -2.43. The summed E-state index contributed by atoms with van der Waals surface area (Å²) in [6, 6.07) is 0. The molecule has 30 heteroatoms. The molecule has 0 aliphatic carbocycles. The number of hydrogen-bond donors (Lipinski definition) is 0. The van der Waals surface area contributed by atoms with Gasteiger partial charge in [-0.05, 0) is 67.7 Å². The summed E-state index contributed by atoms with van der Waals surface area (Å²) in [6.07, 6.45) is -7.53. The van der Waals surface area contributed by atoms with Crippen molar-refractivity contribution < 1.29 is 138 Å². The lowest BCUT2D eigenvalue weighted by molar-refractivity contribution is -0.199. The van der Waals surface area contributed by atoms with E-state index in [-0.39, 0.29) is 0 Å². The topological polar surface area (TPSA) is 237 Å². The molecule has 0 saturated heterocycles. The van der Waals surface area contributed by atoms with Crippen molar-refractivity contribution in [3.8, 4) is 0 Å². The Morgan fingerprint density at radius 2 is 0.573 bits per heavy atom. The first-order valence-electron chi connectivity index (χ1n) is 22.8. The van der Waals surface area contributed by atoms with Gasteiger partial charge in [0, 0.05) is 0 Å². The van der Waals surface area contributed by atoms with Crippen molar-refractivity contribution >= 4 is 53.7 Å². The minimum atomic E-state index is -4.62. The summed E-state index contributed by atoms with van der Waals surface area (Å²) < 4.78 is 200. The van der Waals surface area contributed by atoms with E-state index in [1.165, 1.54) is 34.6 Å². The molecule has 0 bridgehead atoms. The van der Waals surface area contributed by atoms with E-state index >= 15 is 0 Å². The monoisotopic (exact) mass is 1120 g/mol. The molecule has 0 saturated carbocycles. The first kappa shape index (κ1) is 73.6. The molecule has 2 unspecified atom stereocenters. The average molecular weight is 1120 g/mol. The molecule has 0 aromatic heterocycles. The molecule has 0 amide bonds. The molecule has 0 heterocycles. The maximum absolute atomic E-state index is 13.6. The predicted octanol–water partition coefficient (Wildman–Crippen LogP) is 8.20. The zero-order chi connectivity index (χ0) is 59.6. The van der Waals surface area contributed by atoms with Gasteiger partial charge in [-0.2, -0.15) is 52.7 Å². The van der Waals surface area contributed by atoms with Gasteiger partial charge in [-0.25, -0.2) is 28.8 Å². The Labute approximate surface area is 424 Å². The Morgan fingerprint density at radius 1 is 0.347 bits per heavy atom. The van der Waals surface area contributed by atoms with Crippen LogP contribution in [0.4, 0.5) is 52.7 Å². The van der Waals surface area contributed by atoms with E-state index in [0.717, 1.165) is 0 Å². The summed E-state index contributed by atoms with van der Waals surface area (Å²) in [4.78, 5) is 101. The van der Waals surface area contributed by atoms with E-state index in [2.05, 4.69) is 37.9 Å². The van der Waals surface area contributed by atoms with Crippen molar-refractivity contribution in [3.63, 3.8) is 0 Å². The third-order valence-corrected chi connectivity index (χ3v) is 9.22. The molecule has 75 heavy (non-hydrogen) atoms. The zero-order valence-electron chi connectivity index (χ0n) is 43.4. The first-order chi connectivity index (χ1) is 34.0. The third-order valence-electron chi connectivity index (χ3n) is 9.22. The van der Waals surface area contributed by atoms with Crippen LogP contribution in [0.2, 0.25) is 0 Å². The van der Waals surface area contributed by atoms with E-state index in [1.807, 2.05) is 0 Å². The highest BCUT2D eigenvalue weighted by atomic mass is 19.3. The highest BCUT2D eigenvalue weighted by Crippen LogP contribution is 2.35. The Balaban J connectivity index is -0.00000104. The predicted molar refractivity (Wildman–Crippen MR) is 231 cm³/mol. The fraction of sp³-hybridized carbons (Fsp3) is 0.800. The summed E-state index contributed by atoms with van der Waals surface area (Å²) in [5, 5.41) is 0. The number of rotatable bonds is 30. The van der Waals surface area contributed by atoms with Crippen LogP contribution in [0.5, 0.6) is 0 Å². The van der Waals surface area contributed by atoms with E-state index in [1.54, 1.807) is 48.5 Å². The zero-order valence-corrected chi connectivity index (χ0v) is 43.4. The molecule has 0 radical (unpaired) electrons. The summed E-state index contributed by atoms with van der Waals surface area (Å²) >= 11 is 0. The van der Waals surface area contributed by atoms with Crippen LogP contribution >= 0.6 is 0 Å². The second-order valence-corrected chi connectivity index (χ2v) is 17.1. The van der Waals surface area contributed by atoms with Crippen LogP contribution in [-0.4, -0.2) is 148 Å². The minimum absolute atomic E-state index is 0.412. The largest absolute Gasteiger partial charge is 0.462 e. The number of halogens is 12. The smallest absolute Gasteiger partial charge is 0.377 e. The number of esters is 9. The van der Waals surface area contributed by atoms with Gasteiger partial charge in [0.1, 0.15) is 39.6 Å². The van der Waals surface area contributed by atoms with Gasteiger partial charge in [0.15, 0.2) is 0 Å². The van der Waals surface area contributed by atoms with Crippen LogP contribution in [0.3, 0.4) is 0 Å². The molecule has 0 aromatic carbocycles. The molecule has 0 rings (SSSR count). The molecule has 0 fully saturated rings. The molecule has 438 valence electrons. The van der Waals surface area contributed by atoms with Crippen molar-refractivity contribution in [3.05, 3.63) is 0 Å². The highest BCUT2D eigenvalue weighted by Gasteiger charge is 2.57. The van der Waals surface area contributed by atoms with Crippen LogP contribution in [0.15, 0.2) is 0 Å². The van der Waals surface area contributed by atoms with Crippen LogP contribution < -0.4 is 0 Å². The lowest BCUT2D eigenvalue weighted by Gasteiger charge is -2.22. The first-order valence-corrected chi connectivity index (χ1v) is 22.8. The molecule has 0 aliphatic heterocycles. The fourth-order valence-corrected chi connectivity index (χ4v) is 4.20. The van der Waals surface area contributed by atoms with E-state index < -0.39 is 184 Å². The fourth-order valence-electron chi connectivity index (χ4n) is 4.20. The number of hydrogen-bond acceptors (Lipinski definition) is 18. The molecule has 0 spiro atoms. The number of ether oxygens (including phenoxy) is 9. The third kappa shape index (κ3) is 29.3. The van der Waals surface area contributed by atoms with Crippen molar-refractivity contribution in [2.45, 2.75) is 169 Å². The Morgan fingerprint density at radius 3 is 0.800 bits per heavy atom. The van der Waals surface area contributed by atoms with Crippen molar-refractivity contribution in [1.29, 1.82) is 0 Å². The maximum atomic E-state index is 13.6. The van der Waals surface area contributed by atoms with Gasteiger partial charge in [-0.3, -0.25) is 14.4 Å². The van der Waals surface area contributed by atoms with Gasteiger partial charge >= 0.3 is 89.3 Å². The van der Waals surface area contributed by atoms with Gasteiger partial charge < -0.3 is 42.6 Å². The van der Waals surface area contributed by atoms with Crippen LogP contribution in [0.25, 0.3) is 0 Å². The average Bonchev–Trinajstić information content (AvgIpc) is 3.28. The highest BCUT2D eigenvalue weighted by molar-refractivity contribution is 5.84. The van der Waals surface area contributed by atoms with E-state index in [9.17, 15) is 95.8 Å². The lowest BCUT2D eigenvalue weighted by atomic mass is 9.91. The van der Waals surface area contributed by atoms with Gasteiger partial charge in [0.25, 0.3) is 0 Å². The summed E-state index contributed by atoms with van der Waals surface area (Å²) in [5.74, 6) is -43.4.